The fourth-order valence-electron chi connectivity index (χ4n) is 10.4. The number of aromatic nitrogens is 4. The number of allylic oxidation sites excluding steroid dienone is 4. The average Bonchev–Trinajstić information content (AvgIpc) is 3.97. The third-order valence-corrected chi connectivity index (χ3v) is 13.5. The van der Waals surface area contributed by atoms with Crippen LogP contribution in [0.1, 0.15) is 28.8 Å². The first-order valence-electron chi connectivity index (χ1n) is 23.2. The summed E-state index contributed by atoms with van der Waals surface area (Å²) in [4.78, 5) is 15.9. The van der Waals surface area contributed by atoms with Crippen LogP contribution in [0.4, 0.5) is 0 Å². The molecule has 13 rings (SSSR count). The number of furan rings is 1. The van der Waals surface area contributed by atoms with Crippen LogP contribution >= 0.6 is 0 Å². The summed E-state index contributed by atoms with van der Waals surface area (Å²) < 4.78 is 9.09. The van der Waals surface area contributed by atoms with Crippen molar-refractivity contribution in [3.8, 4) is 50.7 Å². The van der Waals surface area contributed by atoms with Gasteiger partial charge in [-0.1, -0.05) is 200 Å². The Labute approximate surface area is 393 Å². The lowest BCUT2D eigenvalue weighted by molar-refractivity contribution is 0.666. The maximum atomic E-state index is 6.72. The van der Waals surface area contributed by atoms with Crippen molar-refractivity contribution in [1.29, 1.82) is 0 Å². The lowest BCUT2D eigenvalue weighted by atomic mass is 9.77. The SMILES string of the molecule is C1=CC(c2ccc3oc4ccc5c(c6ccccc6n5-c5ccccc5)c4c3c2)C(c2nc(-c3ccccc3)nc(-c3ccccc3)n2)C=C1c1c(-c2ccccc2)cccc1-c1ccccc1. The van der Waals surface area contributed by atoms with E-state index < -0.39 is 0 Å². The van der Waals surface area contributed by atoms with Crippen molar-refractivity contribution in [3.63, 3.8) is 0 Å². The van der Waals surface area contributed by atoms with Gasteiger partial charge in [0.15, 0.2) is 11.6 Å². The third-order valence-electron chi connectivity index (χ3n) is 13.5. The number of fused-ring (bicyclic) bond motifs is 7. The largest absolute Gasteiger partial charge is 0.456 e. The predicted molar refractivity (Wildman–Crippen MR) is 279 cm³/mol. The molecule has 0 radical (unpaired) electrons. The fraction of sp³-hybridized carbons (Fsp3) is 0.0317. The van der Waals surface area contributed by atoms with Crippen LogP contribution in [-0.4, -0.2) is 19.5 Å². The summed E-state index contributed by atoms with van der Waals surface area (Å²) >= 11 is 0. The maximum Gasteiger partial charge on any atom is 0.163 e. The van der Waals surface area contributed by atoms with Gasteiger partial charge in [0.1, 0.15) is 17.0 Å². The molecule has 2 unspecified atom stereocenters. The van der Waals surface area contributed by atoms with Crippen molar-refractivity contribution < 1.29 is 4.42 Å². The van der Waals surface area contributed by atoms with Crippen molar-refractivity contribution in [2.45, 2.75) is 11.8 Å². The molecule has 0 aliphatic heterocycles. The van der Waals surface area contributed by atoms with E-state index in [1.807, 2.05) is 36.4 Å². The highest BCUT2D eigenvalue weighted by Gasteiger charge is 2.31. The highest BCUT2D eigenvalue weighted by Crippen LogP contribution is 2.47. The fourth-order valence-corrected chi connectivity index (χ4v) is 10.4. The van der Waals surface area contributed by atoms with Crippen molar-refractivity contribution in [3.05, 3.63) is 260 Å². The molecule has 3 heterocycles. The van der Waals surface area contributed by atoms with Crippen molar-refractivity contribution in [2.24, 2.45) is 0 Å². The highest BCUT2D eigenvalue weighted by molar-refractivity contribution is 6.27. The summed E-state index contributed by atoms with van der Waals surface area (Å²) in [5.74, 6) is 1.55. The van der Waals surface area contributed by atoms with E-state index >= 15 is 0 Å². The molecule has 1 aliphatic rings. The van der Waals surface area contributed by atoms with E-state index in [4.69, 9.17) is 19.4 Å². The van der Waals surface area contributed by atoms with Crippen molar-refractivity contribution >= 4 is 49.3 Å². The molecule has 0 N–H and O–H groups in total. The molecule has 5 nitrogen and oxygen atoms in total. The number of para-hydroxylation sites is 2. The quantitative estimate of drug-likeness (QED) is 0.153. The first-order valence-corrected chi connectivity index (χ1v) is 23.2. The first-order chi connectivity index (χ1) is 33.7. The van der Waals surface area contributed by atoms with Gasteiger partial charge >= 0.3 is 0 Å². The molecule has 2 atom stereocenters. The number of benzene rings is 9. The third kappa shape index (κ3) is 6.75. The van der Waals surface area contributed by atoms with Crippen LogP contribution in [0.2, 0.25) is 0 Å². The molecule has 0 amide bonds. The second-order valence-electron chi connectivity index (χ2n) is 17.4. The van der Waals surface area contributed by atoms with Gasteiger partial charge in [0.2, 0.25) is 0 Å². The van der Waals surface area contributed by atoms with Crippen LogP contribution in [0.3, 0.4) is 0 Å². The molecule has 1 aliphatic carbocycles. The summed E-state index contributed by atoms with van der Waals surface area (Å²) in [5.41, 5.74) is 15.1. The van der Waals surface area contributed by atoms with Gasteiger partial charge in [0.05, 0.1) is 11.0 Å². The number of rotatable bonds is 8. The highest BCUT2D eigenvalue weighted by atomic mass is 16.3. The van der Waals surface area contributed by atoms with Gasteiger partial charge in [-0.3, -0.25) is 0 Å². The Kier molecular flexibility index (Phi) is 9.57. The summed E-state index contributed by atoms with van der Waals surface area (Å²) in [5, 5.41) is 4.55. The number of hydrogen-bond donors (Lipinski definition) is 0. The van der Waals surface area contributed by atoms with Crippen LogP contribution in [0.5, 0.6) is 0 Å². The molecule has 68 heavy (non-hydrogen) atoms. The minimum absolute atomic E-state index is 0.142. The monoisotopic (exact) mass is 870 g/mol. The zero-order valence-corrected chi connectivity index (χ0v) is 36.9. The van der Waals surface area contributed by atoms with Crippen LogP contribution < -0.4 is 0 Å². The Morgan fingerprint density at radius 2 is 0.971 bits per heavy atom. The molecule has 9 aromatic carbocycles. The predicted octanol–water partition coefficient (Wildman–Crippen LogP) is 16.1. The zero-order chi connectivity index (χ0) is 45.0. The average molecular weight is 871 g/mol. The van der Waals surface area contributed by atoms with Crippen LogP contribution in [-0.2, 0) is 0 Å². The van der Waals surface area contributed by atoms with Crippen molar-refractivity contribution in [1.82, 2.24) is 19.5 Å². The molecule has 12 aromatic rings. The second kappa shape index (κ2) is 16.5. The van der Waals surface area contributed by atoms with E-state index in [0.717, 1.165) is 83.2 Å². The summed E-state index contributed by atoms with van der Waals surface area (Å²) in [6.07, 6.45) is 7.09. The normalized spacial score (nSPS) is 14.8. The first kappa shape index (κ1) is 39.4. The lowest BCUT2D eigenvalue weighted by Crippen LogP contribution is -2.16. The molecule has 0 saturated carbocycles. The molecule has 0 bridgehead atoms. The molecule has 3 aromatic heterocycles. The van der Waals surface area contributed by atoms with Gasteiger partial charge in [-0.15, -0.1) is 0 Å². The topological polar surface area (TPSA) is 56.7 Å². The Morgan fingerprint density at radius 3 is 1.60 bits per heavy atom. The number of hydrogen-bond acceptors (Lipinski definition) is 4. The van der Waals surface area contributed by atoms with Gasteiger partial charge in [0.25, 0.3) is 0 Å². The van der Waals surface area contributed by atoms with Crippen LogP contribution in [0, 0.1) is 0 Å². The van der Waals surface area contributed by atoms with E-state index in [-0.39, 0.29) is 11.8 Å². The van der Waals surface area contributed by atoms with Gasteiger partial charge < -0.3 is 8.98 Å². The molecular formula is C63H42N4O. The Balaban J connectivity index is 1.05. The number of nitrogens with zero attached hydrogens (tertiary/aromatic N) is 4. The van der Waals surface area contributed by atoms with E-state index in [1.165, 1.54) is 16.3 Å². The summed E-state index contributed by atoms with van der Waals surface area (Å²) in [6.45, 7) is 0. The molecule has 0 saturated heterocycles. The summed E-state index contributed by atoms with van der Waals surface area (Å²) in [6, 6.07) is 78.9. The Bertz CT molecular complexity index is 3780. The zero-order valence-electron chi connectivity index (χ0n) is 36.9. The van der Waals surface area contributed by atoms with Crippen LogP contribution in [0.15, 0.2) is 247 Å². The molecular weight excluding hydrogens is 829 g/mol. The van der Waals surface area contributed by atoms with Gasteiger partial charge in [-0.25, -0.2) is 15.0 Å². The van der Waals surface area contributed by atoms with E-state index in [1.54, 1.807) is 0 Å². The second-order valence-corrected chi connectivity index (χ2v) is 17.4. The van der Waals surface area contributed by atoms with Gasteiger partial charge in [0, 0.05) is 50.2 Å². The van der Waals surface area contributed by atoms with Gasteiger partial charge in [-0.2, -0.15) is 0 Å². The molecule has 0 fully saturated rings. The Hall–Kier alpha value is -8.93. The van der Waals surface area contributed by atoms with E-state index in [9.17, 15) is 0 Å². The Morgan fingerprint density at radius 1 is 0.412 bits per heavy atom. The van der Waals surface area contributed by atoms with Crippen LogP contribution in [0.25, 0.3) is 100 Å². The molecule has 0 spiro atoms. The molecule has 320 valence electrons. The lowest BCUT2D eigenvalue weighted by Gasteiger charge is -2.28. The van der Waals surface area contributed by atoms with Crippen molar-refractivity contribution in [2.75, 3.05) is 0 Å². The summed E-state index contributed by atoms with van der Waals surface area (Å²) in [7, 11) is 0. The smallest absolute Gasteiger partial charge is 0.163 e. The van der Waals surface area contributed by atoms with E-state index in [2.05, 4.69) is 211 Å². The van der Waals surface area contributed by atoms with Gasteiger partial charge in [-0.05, 0) is 81.4 Å². The molecule has 5 heteroatoms. The minimum atomic E-state index is -0.286. The minimum Gasteiger partial charge on any atom is -0.456 e. The van der Waals surface area contributed by atoms with E-state index in [0.29, 0.717) is 17.5 Å². The standard InChI is InChI=1S/C63H42N4O/c1-6-19-41(20-7-1)49-30-18-31-50(42-21-8-2-9-22-42)58(49)46-33-35-48(52(40-46)63-65-61(43-23-10-3-11-24-43)64-62(66-63)44-25-12-4-13-26-44)45-34-37-56-53(39-45)60-57(68-56)38-36-55-59(60)51-29-16-17-32-54(51)67(55)47-27-14-5-15-28-47/h1-40,48,52H. The maximum absolute atomic E-state index is 6.72.